The van der Waals surface area contributed by atoms with Gasteiger partial charge in [0, 0.05) is 29.8 Å². The van der Waals surface area contributed by atoms with Crippen molar-refractivity contribution in [2.75, 3.05) is 18.4 Å². The first-order valence-electron chi connectivity index (χ1n) is 13.7. The van der Waals surface area contributed by atoms with Crippen molar-refractivity contribution in [3.05, 3.63) is 95.1 Å². The first kappa shape index (κ1) is 26.4. The summed E-state index contributed by atoms with van der Waals surface area (Å²) in [6.45, 7) is 7.23. The van der Waals surface area contributed by atoms with Crippen LogP contribution >= 0.6 is 0 Å². The molecule has 3 aromatic rings. The number of hydrogen-bond acceptors (Lipinski definition) is 4. The van der Waals surface area contributed by atoms with Gasteiger partial charge in [0.1, 0.15) is 5.92 Å². The van der Waals surface area contributed by atoms with Crippen molar-refractivity contribution < 1.29 is 9.59 Å². The SMILES string of the molecule is CCC(C)NC(=O)C#Cc1ccc2c(c1)NC(=O)C2C(=Nc1ccc(CN2CCCC2)cc1)c1ccccc1. The molecule has 2 aliphatic rings. The van der Waals surface area contributed by atoms with Gasteiger partial charge < -0.3 is 10.6 Å². The minimum absolute atomic E-state index is 0.0730. The number of aliphatic imine (C=N–C) groups is 1. The van der Waals surface area contributed by atoms with Gasteiger partial charge in [-0.3, -0.25) is 19.5 Å². The number of likely N-dealkylation sites (tertiary alicyclic amines) is 1. The van der Waals surface area contributed by atoms with E-state index in [0.29, 0.717) is 17.0 Å². The molecule has 39 heavy (non-hydrogen) atoms. The fourth-order valence-electron chi connectivity index (χ4n) is 5.02. The van der Waals surface area contributed by atoms with Gasteiger partial charge in [-0.1, -0.05) is 61.4 Å². The van der Waals surface area contributed by atoms with E-state index < -0.39 is 5.92 Å². The van der Waals surface area contributed by atoms with E-state index in [1.54, 1.807) is 0 Å². The average Bonchev–Trinajstić information content (AvgIpc) is 3.58. The summed E-state index contributed by atoms with van der Waals surface area (Å²) in [6, 6.07) is 23.8. The number of anilines is 1. The number of rotatable bonds is 7. The first-order valence-corrected chi connectivity index (χ1v) is 13.7. The summed E-state index contributed by atoms with van der Waals surface area (Å²) in [7, 11) is 0. The Bertz CT molecular complexity index is 1430. The van der Waals surface area contributed by atoms with Gasteiger partial charge >= 0.3 is 0 Å². The molecule has 2 N–H and O–H groups in total. The molecule has 2 unspecified atom stereocenters. The molecule has 198 valence electrons. The van der Waals surface area contributed by atoms with Crippen molar-refractivity contribution in [1.82, 2.24) is 10.2 Å². The molecule has 2 heterocycles. The van der Waals surface area contributed by atoms with E-state index in [2.05, 4.69) is 39.5 Å². The van der Waals surface area contributed by atoms with E-state index in [-0.39, 0.29) is 17.9 Å². The largest absolute Gasteiger partial charge is 0.343 e. The number of carbonyl (C=O) groups excluding carboxylic acids is 2. The molecule has 2 atom stereocenters. The maximum Gasteiger partial charge on any atom is 0.296 e. The first-order chi connectivity index (χ1) is 19.0. The Labute approximate surface area is 230 Å². The molecule has 5 rings (SSSR count). The topological polar surface area (TPSA) is 73.8 Å². The van der Waals surface area contributed by atoms with Crippen LogP contribution in [0.1, 0.15) is 61.3 Å². The number of fused-ring (bicyclic) bond motifs is 1. The number of amides is 2. The third-order valence-corrected chi connectivity index (χ3v) is 7.33. The van der Waals surface area contributed by atoms with Crippen LogP contribution in [0.3, 0.4) is 0 Å². The summed E-state index contributed by atoms with van der Waals surface area (Å²) >= 11 is 0. The lowest BCUT2D eigenvalue weighted by molar-refractivity contribution is -0.116. The summed E-state index contributed by atoms with van der Waals surface area (Å²) in [6.07, 6.45) is 3.39. The van der Waals surface area contributed by atoms with Gasteiger partial charge in [0.2, 0.25) is 5.91 Å². The van der Waals surface area contributed by atoms with Crippen molar-refractivity contribution in [2.24, 2.45) is 4.99 Å². The lowest BCUT2D eigenvalue weighted by Gasteiger charge is -2.15. The second kappa shape index (κ2) is 12.1. The van der Waals surface area contributed by atoms with Gasteiger partial charge in [-0.05, 0) is 80.2 Å². The van der Waals surface area contributed by atoms with Crippen LogP contribution in [0, 0.1) is 11.8 Å². The Morgan fingerprint density at radius 2 is 1.82 bits per heavy atom. The summed E-state index contributed by atoms with van der Waals surface area (Å²) in [4.78, 5) is 32.9. The lowest BCUT2D eigenvalue weighted by atomic mass is 9.90. The molecule has 0 aromatic heterocycles. The highest BCUT2D eigenvalue weighted by Gasteiger charge is 2.35. The van der Waals surface area contributed by atoms with Crippen LogP contribution in [-0.2, 0) is 16.1 Å². The number of benzene rings is 3. The minimum Gasteiger partial charge on any atom is -0.343 e. The second-order valence-corrected chi connectivity index (χ2v) is 10.3. The average molecular weight is 519 g/mol. The molecule has 0 bridgehead atoms. The van der Waals surface area contributed by atoms with Crippen molar-refractivity contribution >= 4 is 28.9 Å². The van der Waals surface area contributed by atoms with Crippen LogP contribution in [0.15, 0.2) is 77.8 Å². The Morgan fingerprint density at radius 3 is 2.54 bits per heavy atom. The van der Waals surface area contributed by atoms with Gasteiger partial charge in [-0.2, -0.15) is 0 Å². The summed E-state index contributed by atoms with van der Waals surface area (Å²) in [5, 5.41) is 5.85. The Kier molecular flexibility index (Phi) is 8.19. The van der Waals surface area contributed by atoms with Crippen LogP contribution in [0.5, 0.6) is 0 Å². The molecule has 0 aliphatic carbocycles. The standard InChI is InChI=1S/C33H34N4O2/c1-3-23(2)34-30(38)18-14-24-13-17-28-29(21-24)36-33(39)31(28)32(26-9-5-4-6-10-26)35-27-15-11-25(12-16-27)22-37-19-7-8-20-37/h4-6,9-13,15-17,21,23,31H,3,7-8,19-20,22H2,1-2H3,(H,34,38)(H,36,39). The third-order valence-electron chi connectivity index (χ3n) is 7.33. The van der Waals surface area contributed by atoms with E-state index in [9.17, 15) is 9.59 Å². The van der Waals surface area contributed by atoms with Gasteiger partial charge in [0.15, 0.2) is 0 Å². The van der Waals surface area contributed by atoms with Gasteiger partial charge in [0.25, 0.3) is 5.91 Å². The number of nitrogens with zero attached hydrogens (tertiary/aromatic N) is 2. The third kappa shape index (κ3) is 6.45. The van der Waals surface area contributed by atoms with Gasteiger partial charge in [0.05, 0.1) is 11.4 Å². The molecular weight excluding hydrogens is 484 g/mol. The van der Waals surface area contributed by atoms with Crippen LogP contribution < -0.4 is 10.6 Å². The highest BCUT2D eigenvalue weighted by Crippen LogP contribution is 2.37. The van der Waals surface area contributed by atoms with E-state index >= 15 is 0 Å². The van der Waals surface area contributed by atoms with Gasteiger partial charge in [-0.25, -0.2) is 0 Å². The molecule has 1 fully saturated rings. The predicted molar refractivity (Wildman–Crippen MR) is 156 cm³/mol. The Balaban J connectivity index is 1.42. The highest BCUT2D eigenvalue weighted by atomic mass is 16.2. The molecule has 2 amide bonds. The minimum atomic E-state index is -0.553. The van der Waals surface area contributed by atoms with Crippen LogP contribution in [0.25, 0.3) is 0 Å². The van der Waals surface area contributed by atoms with Gasteiger partial charge in [-0.15, -0.1) is 0 Å². The fourth-order valence-corrected chi connectivity index (χ4v) is 5.02. The van der Waals surface area contributed by atoms with Crippen LogP contribution in [0.2, 0.25) is 0 Å². The molecule has 2 aliphatic heterocycles. The van der Waals surface area contributed by atoms with Crippen molar-refractivity contribution in [2.45, 2.75) is 51.6 Å². The Hall–Kier alpha value is -4.21. The van der Waals surface area contributed by atoms with Crippen molar-refractivity contribution in [3.8, 4) is 11.8 Å². The van der Waals surface area contributed by atoms with E-state index in [1.807, 2.05) is 74.5 Å². The monoisotopic (exact) mass is 518 g/mol. The second-order valence-electron chi connectivity index (χ2n) is 10.3. The molecule has 0 radical (unpaired) electrons. The smallest absolute Gasteiger partial charge is 0.296 e. The molecule has 6 heteroatoms. The van der Waals surface area contributed by atoms with E-state index in [0.717, 1.165) is 42.9 Å². The molecule has 0 spiro atoms. The molecule has 1 saturated heterocycles. The lowest BCUT2D eigenvalue weighted by Crippen LogP contribution is -2.30. The van der Waals surface area contributed by atoms with Crippen molar-refractivity contribution in [1.29, 1.82) is 0 Å². The zero-order chi connectivity index (χ0) is 27.2. The van der Waals surface area contributed by atoms with Crippen LogP contribution in [0.4, 0.5) is 11.4 Å². The molecular formula is C33H34N4O2. The maximum absolute atomic E-state index is 13.3. The molecule has 6 nitrogen and oxygen atoms in total. The molecule has 3 aromatic carbocycles. The Morgan fingerprint density at radius 1 is 1.08 bits per heavy atom. The predicted octanol–water partition coefficient (Wildman–Crippen LogP) is 5.41. The summed E-state index contributed by atoms with van der Waals surface area (Å²) in [5.74, 6) is 4.58. The number of carbonyl (C=O) groups is 2. The zero-order valence-electron chi connectivity index (χ0n) is 22.5. The molecule has 0 saturated carbocycles. The number of hydrogen-bond donors (Lipinski definition) is 2. The highest BCUT2D eigenvalue weighted by molar-refractivity contribution is 6.24. The normalized spacial score (nSPS) is 17.6. The zero-order valence-corrected chi connectivity index (χ0v) is 22.5. The maximum atomic E-state index is 13.3. The quantitative estimate of drug-likeness (QED) is 0.325. The van der Waals surface area contributed by atoms with E-state index in [1.165, 1.54) is 18.4 Å². The summed E-state index contributed by atoms with van der Waals surface area (Å²) in [5.41, 5.74) is 5.90. The summed E-state index contributed by atoms with van der Waals surface area (Å²) < 4.78 is 0. The van der Waals surface area contributed by atoms with Crippen LogP contribution in [-0.4, -0.2) is 41.6 Å². The number of nitrogens with one attached hydrogen (secondary N) is 2. The van der Waals surface area contributed by atoms with Crippen molar-refractivity contribution in [3.63, 3.8) is 0 Å². The fraction of sp³-hybridized carbons (Fsp3) is 0.303. The van der Waals surface area contributed by atoms with E-state index in [4.69, 9.17) is 4.99 Å².